The summed E-state index contributed by atoms with van der Waals surface area (Å²) < 4.78 is 14.8. The molecule has 0 aliphatic carbocycles. The van der Waals surface area contributed by atoms with Crippen molar-refractivity contribution in [2.75, 3.05) is 11.9 Å². The van der Waals surface area contributed by atoms with Gasteiger partial charge in [-0.2, -0.15) is 0 Å². The fourth-order valence-corrected chi connectivity index (χ4v) is 3.47. The molecule has 1 aliphatic heterocycles. The highest BCUT2D eigenvalue weighted by molar-refractivity contribution is 14.1. The molecule has 3 N–H and O–H groups in total. The molecule has 0 radical (unpaired) electrons. The fourth-order valence-electron chi connectivity index (χ4n) is 2.82. The summed E-state index contributed by atoms with van der Waals surface area (Å²) in [6.07, 6.45) is 0.198. The summed E-state index contributed by atoms with van der Waals surface area (Å²) in [5, 5.41) is 16.7. The summed E-state index contributed by atoms with van der Waals surface area (Å²) in [4.78, 5) is 0. The summed E-state index contributed by atoms with van der Waals surface area (Å²) in [5.41, 5.74) is 3.70. The summed E-state index contributed by atoms with van der Waals surface area (Å²) >= 11 is 2.28. The van der Waals surface area contributed by atoms with Crippen LogP contribution in [0.4, 0.5) is 15.8 Å². The molecule has 2 aromatic carbocycles. The maximum atomic E-state index is 13.7. The number of hydrogen-bond acceptors (Lipinski definition) is 3. The van der Waals surface area contributed by atoms with Gasteiger partial charge in [0.2, 0.25) is 0 Å². The van der Waals surface area contributed by atoms with Crippen molar-refractivity contribution >= 4 is 34.0 Å². The Hall–Kier alpha value is -1.18. The van der Waals surface area contributed by atoms with E-state index in [0.717, 1.165) is 29.0 Å². The molecule has 2 atom stereocenters. The first-order chi connectivity index (χ1) is 10.5. The summed E-state index contributed by atoms with van der Waals surface area (Å²) in [7, 11) is 0. The van der Waals surface area contributed by atoms with E-state index < -0.39 is 6.10 Å². The lowest BCUT2D eigenvalue weighted by Crippen LogP contribution is -2.22. The summed E-state index contributed by atoms with van der Waals surface area (Å²) in [6.45, 7) is 2.78. The van der Waals surface area contributed by atoms with Crippen LogP contribution in [0, 0.1) is 16.3 Å². The maximum absolute atomic E-state index is 13.7. The predicted molar refractivity (Wildman–Crippen MR) is 94.9 cm³/mol. The molecule has 2 unspecified atom stereocenters. The lowest BCUT2D eigenvalue weighted by molar-refractivity contribution is 0.160. The van der Waals surface area contributed by atoms with Gasteiger partial charge in [-0.15, -0.1) is 0 Å². The van der Waals surface area contributed by atoms with Gasteiger partial charge in [-0.25, -0.2) is 4.39 Å². The molecule has 1 saturated heterocycles. The van der Waals surface area contributed by atoms with E-state index in [1.54, 1.807) is 6.07 Å². The lowest BCUT2D eigenvalue weighted by Gasteiger charge is -2.21. The Morgan fingerprint density at radius 1 is 1.23 bits per heavy atom. The first-order valence-electron chi connectivity index (χ1n) is 7.28. The van der Waals surface area contributed by atoms with Crippen molar-refractivity contribution < 1.29 is 9.50 Å². The van der Waals surface area contributed by atoms with Crippen LogP contribution in [0.5, 0.6) is 0 Å². The minimum Gasteiger partial charge on any atom is -0.391 e. The van der Waals surface area contributed by atoms with E-state index in [1.165, 1.54) is 15.7 Å². The number of anilines is 2. The largest absolute Gasteiger partial charge is 0.391 e. The molecular weight excluding hydrogens is 394 g/mol. The van der Waals surface area contributed by atoms with Crippen LogP contribution in [0.25, 0.3) is 0 Å². The summed E-state index contributed by atoms with van der Waals surface area (Å²) in [6, 6.07) is 10.6. The third-order valence-electron chi connectivity index (χ3n) is 4.00. The van der Waals surface area contributed by atoms with Crippen molar-refractivity contribution in [2.24, 2.45) is 0 Å². The number of hydrogen-bond donors (Lipinski definition) is 3. The molecule has 22 heavy (non-hydrogen) atoms. The van der Waals surface area contributed by atoms with Gasteiger partial charge in [0, 0.05) is 14.9 Å². The highest BCUT2D eigenvalue weighted by atomic mass is 127. The molecule has 0 bridgehead atoms. The topological polar surface area (TPSA) is 44.3 Å². The van der Waals surface area contributed by atoms with Crippen molar-refractivity contribution in [3.63, 3.8) is 0 Å². The van der Waals surface area contributed by atoms with Crippen LogP contribution in [0.3, 0.4) is 0 Å². The minimum atomic E-state index is -0.486. The average Bonchev–Trinajstić information content (AvgIpc) is 2.89. The number of aryl methyl sites for hydroxylation is 1. The molecule has 0 spiro atoms. The first kappa shape index (κ1) is 15.7. The van der Waals surface area contributed by atoms with Crippen LogP contribution in [0.15, 0.2) is 36.4 Å². The standard InChI is InChI=1S/C17H18FIN2O/c1-10-8-12(19)3-5-14(10)21-15-4-2-11(18)9-13(15)17-16(22)6-7-20-17/h2-5,8-9,16-17,20-22H,6-7H2,1H3. The smallest absolute Gasteiger partial charge is 0.123 e. The van der Waals surface area contributed by atoms with E-state index in [1.807, 2.05) is 19.1 Å². The van der Waals surface area contributed by atoms with E-state index in [2.05, 4.69) is 39.3 Å². The van der Waals surface area contributed by atoms with E-state index in [-0.39, 0.29) is 11.9 Å². The Kier molecular flexibility index (Phi) is 4.65. The molecule has 5 heteroatoms. The zero-order chi connectivity index (χ0) is 15.7. The van der Waals surface area contributed by atoms with E-state index in [9.17, 15) is 9.50 Å². The highest BCUT2D eigenvalue weighted by Crippen LogP contribution is 2.33. The summed E-state index contributed by atoms with van der Waals surface area (Å²) in [5.74, 6) is -0.291. The van der Waals surface area contributed by atoms with Gasteiger partial charge >= 0.3 is 0 Å². The zero-order valence-electron chi connectivity index (χ0n) is 12.2. The van der Waals surface area contributed by atoms with Gasteiger partial charge in [-0.1, -0.05) is 0 Å². The molecule has 3 nitrogen and oxygen atoms in total. The molecule has 0 amide bonds. The number of aliphatic hydroxyl groups excluding tert-OH is 1. The number of rotatable bonds is 3. The van der Waals surface area contributed by atoms with Gasteiger partial charge in [-0.3, -0.25) is 0 Å². The maximum Gasteiger partial charge on any atom is 0.123 e. The molecule has 0 aromatic heterocycles. The van der Waals surface area contributed by atoms with Gasteiger partial charge < -0.3 is 15.7 Å². The minimum absolute atomic E-state index is 0.234. The molecule has 2 aromatic rings. The Bertz CT molecular complexity index is 692. The lowest BCUT2D eigenvalue weighted by atomic mass is 10.0. The van der Waals surface area contributed by atoms with Crippen LogP contribution in [0.2, 0.25) is 0 Å². The van der Waals surface area contributed by atoms with E-state index in [4.69, 9.17) is 0 Å². The van der Waals surface area contributed by atoms with Crippen LogP contribution >= 0.6 is 22.6 Å². The monoisotopic (exact) mass is 412 g/mol. The molecule has 1 fully saturated rings. The highest BCUT2D eigenvalue weighted by Gasteiger charge is 2.28. The number of aliphatic hydroxyl groups is 1. The van der Waals surface area contributed by atoms with Crippen molar-refractivity contribution in [3.05, 3.63) is 56.9 Å². The third-order valence-corrected chi connectivity index (χ3v) is 4.67. The van der Waals surface area contributed by atoms with Gasteiger partial charge in [0.1, 0.15) is 5.82 Å². The SMILES string of the molecule is Cc1cc(I)ccc1Nc1ccc(F)cc1C1NCCC1O. The van der Waals surface area contributed by atoms with Crippen molar-refractivity contribution in [1.29, 1.82) is 0 Å². The second kappa shape index (κ2) is 6.52. The average molecular weight is 412 g/mol. The van der Waals surface area contributed by atoms with Crippen LogP contribution in [-0.4, -0.2) is 17.8 Å². The van der Waals surface area contributed by atoms with Gasteiger partial charge in [0.15, 0.2) is 0 Å². The molecular formula is C17H18FIN2O. The fraction of sp³-hybridized carbons (Fsp3) is 0.294. The molecule has 1 aliphatic rings. The number of halogens is 2. The third kappa shape index (κ3) is 3.26. The van der Waals surface area contributed by atoms with Crippen LogP contribution < -0.4 is 10.6 Å². The normalized spacial score (nSPS) is 21.1. The van der Waals surface area contributed by atoms with Crippen molar-refractivity contribution in [3.8, 4) is 0 Å². The molecule has 116 valence electrons. The van der Waals surface area contributed by atoms with Crippen LogP contribution in [-0.2, 0) is 0 Å². The second-order valence-corrected chi connectivity index (χ2v) is 6.85. The number of nitrogens with one attached hydrogen (secondary N) is 2. The molecule has 3 rings (SSSR count). The van der Waals surface area contributed by atoms with Gasteiger partial charge in [-0.05, 0) is 90.0 Å². The van der Waals surface area contributed by atoms with Crippen molar-refractivity contribution in [1.82, 2.24) is 5.32 Å². The Labute approximate surface area is 143 Å². The Morgan fingerprint density at radius 2 is 2.00 bits per heavy atom. The second-order valence-electron chi connectivity index (χ2n) is 5.60. The van der Waals surface area contributed by atoms with Gasteiger partial charge in [0.25, 0.3) is 0 Å². The van der Waals surface area contributed by atoms with Crippen LogP contribution in [0.1, 0.15) is 23.6 Å². The Morgan fingerprint density at radius 3 is 2.68 bits per heavy atom. The predicted octanol–water partition coefficient (Wildman–Crippen LogP) is 3.88. The van der Waals surface area contributed by atoms with E-state index in [0.29, 0.717) is 6.42 Å². The number of benzene rings is 2. The first-order valence-corrected chi connectivity index (χ1v) is 8.36. The molecule has 1 heterocycles. The zero-order valence-corrected chi connectivity index (χ0v) is 14.4. The van der Waals surface area contributed by atoms with Gasteiger partial charge in [0.05, 0.1) is 12.1 Å². The molecule has 0 saturated carbocycles. The Balaban J connectivity index is 1.96. The van der Waals surface area contributed by atoms with Crippen molar-refractivity contribution in [2.45, 2.75) is 25.5 Å². The quantitative estimate of drug-likeness (QED) is 0.671. The van der Waals surface area contributed by atoms with E-state index >= 15 is 0 Å².